The van der Waals surface area contributed by atoms with Crippen LogP contribution in [0.4, 0.5) is 8.78 Å². The first kappa shape index (κ1) is 19.3. The van der Waals surface area contributed by atoms with Crippen molar-refractivity contribution in [1.29, 1.82) is 0 Å². The van der Waals surface area contributed by atoms with E-state index in [2.05, 4.69) is 9.46 Å². The number of alkyl halides is 2. The van der Waals surface area contributed by atoms with Crippen LogP contribution in [0.5, 0.6) is 5.75 Å². The molecule has 0 radical (unpaired) electrons. The first-order chi connectivity index (χ1) is 12.2. The summed E-state index contributed by atoms with van der Waals surface area (Å²) in [4.78, 5) is 1.09. The second-order valence-corrected chi connectivity index (χ2v) is 9.35. The SMILES string of the molecule is CC(NS(=O)(=O)C1=Cc2ccc(OC(F)F)cc2CC1)c1ccc(Cl)s1. The maximum Gasteiger partial charge on any atom is 0.387 e. The Labute approximate surface area is 159 Å². The zero-order valence-corrected chi connectivity index (χ0v) is 16.1. The molecule has 0 aliphatic heterocycles. The predicted molar refractivity (Wildman–Crippen MR) is 99.2 cm³/mol. The normalized spacial score (nSPS) is 15.5. The van der Waals surface area contributed by atoms with Crippen molar-refractivity contribution >= 4 is 39.0 Å². The molecule has 26 heavy (non-hydrogen) atoms. The van der Waals surface area contributed by atoms with Crippen LogP contribution in [0.2, 0.25) is 4.34 Å². The van der Waals surface area contributed by atoms with E-state index in [0.717, 1.165) is 10.4 Å². The molecular weight excluding hydrogens is 404 g/mol. The number of sulfonamides is 1. The first-order valence-electron chi connectivity index (χ1n) is 7.80. The summed E-state index contributed by atoms with van der Waals surface area (Å²) in [6, 6.07) is 7.62. The first-order valence-corrected chi connectivity index (χ1v) is 10.5. The van der Waals surface area contributed by atoms with Crippen molar-refractivity contribution in [3.8, 4) is 5.75 Å². The fraction of sp³-hybridized carbons (Fsp3) is 0.294. The van der Waals surface area contributed by atoms with E-state index in [4.69, 9.17) is 11.6 Å². The number of thiophene rings is 1. The molecular formula is C17H16ClF2NO3S2. The molecule has 1 N–H and O–H groups in total. The number of ether oxygens (including phenoxy) is 1. The van der Waals surface area contributed by atoms with Gasteiger partial charge in [-0.15, -0.1) is 11.3 Å². The van der Waals surface area contributed by atoms with Gasteiger partial charge in [0, 0.05) is 4.88 Å². The molecule has 1 unspecified atom stereocenters. The summed E-state index contributed by atoms with van der Waals surface area (Å²) in [5.74, 6) is 0.0692. The van der Waals surface area contributed by atoms with E-state index in [9.17, 15) is 17.2 Å². The van der Waals surface area contributed by atoms with Crippen LogP contribution in [0, 0.1) is 0 Å². The number of halogens is 3. The van der Waals surface area contributed by atoms with Gasteiger partial charge >= 0.3 is 6.61 Å². The third-order valence-electron chi connectivity index (χ3n) is 3.99. The lowest BCUT2D eigenvalue weighted by Crippen LogP contribution is -2.28. The Balaban J connectivity index is 1.79. The van der Waals surface area contributed by atoms with E-state index >= 15 is 0 Å². The van der Waals surface area contributed by atoms with Gasteiger partial charge < -0.3 is 4.74 Å². The minimum atomic E-state index is -3.67. The Bertz CT molecular complexity index is 941. The third-order valence-corrected chi connectivity index (χ3v) is 7.08. The summed E-state index contributed by atoms with van der Waals surface area (Å²) in [6.45, 7) is -1.13. The van der Waals surface area contributed by atoms with Crippen molar-refractivity contribution in [2.24, 2.45) is 0 Å². The molecule has 9 heteroatoms. The Kier molecular flexibility index (Phi) is 5.67. The van der Waals surface area contributed by atoms with E-state index in [-0.39, 0.29) is 10.7 Å². The van der Waals surface area contributed by atoms with Gasteiger partial charge in [-0.2, -0.15) is 8.78 Å². The second kappa shape index (κ2) is 7.64. The summed E-state index contributed by atoms with van der Waals surface area (Å²) < 4.78 is 57.6. The molecule has 0 amide bonds. The lowest BCUT2D eigenvalue weighted by atomic mass is 9.97. The Hall–Kier alpha value is -1.48. The Morgan fingerprint density at radius 2 is 2.00 bits per heavy atom. The minimum Gasteiger partial charge on any atom is -0.435 e. The van der Waals surface area contributed by atoms with Crippen molar-refractivity contribution in [2.45, 2.75) is 32.4 Å². The minimum absolute atomic E-state index is 0.0692. The molecule has 1 aliphatic rings. The van der Waals surface area contributed by atoms with Gasteiger partial charge in [0.15, 0.2) is 0 Å². The highest BCUT2D eigenvalue weighted by atomic mass is 35.5. The Morgan fingerprint density at radius 3 is 2.65 bits per heavy atom. The molecule has 3 rings (SSSR count). The van der Waals surface area contributed by atoms with Crippen LogP contribution < -0.4 is 9.46 Å². The van der Waals surface area contributed by atoms with E-state index in [1.807, 2.05) is 0 Å². The van der Waals surface area contributed by atoms with Gasteiger partial charge in [0.25, 0.3) is 0 Å². The third kappa shape index (κ3) is 4.43. The Morgan fingerprint density at radius 1 is 1.23 bits per heavy atom. The van der Waals surface area contributed by atoms with Gasteiger partial charge in [0.2, 0.25) is 10.0 Å². The van der Waals surface area contributed by atoms with Crippen LogP contribution in [0.1, 0.15) is 35.4 Å². The van der Waals surface area contributed by atoms with Crippen LogP contribution in [0.15, 0.2) is 35.2 Å². The predicted octanol–water partition coefficient (Wildman–Crippen LogP) is 4.97. The van der Waals surface area contributed by atoms with E-state index < -0.39 is 22.7 Å². The number of rotatable bonds is 6. The summed E-state index contributed by atoms with van der Waals surface area (Å²) in [5.41, 5.74) is 1.46. The van der Waals surface area contributed by atoms with Gasteiger partial charge in [-0.05, 0) is 61.2 Å². The molecule has 0 fully saturated rings. The average molecular weight is 420 g/mol. The lowest BCUT2D eigenvalue weighted by Gasteiger charge is -2.20. The molecule has 0 spiro atoms. The van der Waals surface area contributed by atoms with Crippen LogP contribution in [0.25, 0.3) is 6.08 Å². The molecule has 1 atom stereocenters. The highest BCUT2D eigenvalue weighted by Crippen LogP contribution is 2.32. The van der Waals surface area contributed by atoms with E-state index in [1.165, 1.54) is 23.5 Å². The number of allylic oxidation sites excluding steroid dienone is 1. The quantitative estimate of drug-likeness (QED) is 0.719. The van der Waals surface area contributed by atoms with Gasteiger partial charge in [-0.25, -0.2) is 13.1 Å². The van der Waals surface area contributed by atoms with Gasteiger partial charge in [0.05, 0.1) is 15.3 Å². The molecule has 140 valence electrons. The fourth-order valence-corrected chi connectivity index (χ4v) is 5.29. The highest BCUT2D eigenvalue weighted by molar-refractivity contribution is 7.93. The van der Waals surface area contributed by atoms with Crippen molar-refractivity contribution in [2.75, 3.05) is 0 Å². The molecule has 1 aromatic heterocycles. The van der Waals surface area contributed by atoms with E-state index in [1.54, 1.807) is 31.2 Å². The number of aryl methyl sites for hydroxylation is 1. The monoisotopic (exact) mass is 419 g/mol. The second-order valence-electron chi connectivity index (χ2n) is 5.83. The number of nitrogens with one attached hydrogen (secondary N) is 1. The number of hydrogen-bond acceptors (Lipinski definition) is 4. The van der Waals surface area contributed by atoms with Crippen LogP contribution >= 0.6 is 22.9 Å². The zero-order valence-electron chi connectivity index (χ0n) is 13.7. The molecule has 4 nitrogen and oxygen atoms in total. The van der Waals surface area contributed by atoms with Crippen LogP contribution in [0.3, 0.4) is 0 Å². The molecule has 1 aromatic carbocycles. The van der Waals surface area contributed by atoms with Crippen LogP contribution in [-0.2, 0) is 16.4 Å². The maximum atomic E-state index is 12.7. The van der Waals surface area contributed by atoms with Crippen molar-refractivity contribution in [1.82, 2.24) is 4.72 Å². The smallest absolute Gasteiger partial charge is 0.387 e. The summed E-state index contributed by atoms with van der Waals surface area (Å²) in [7, 11) is -3.67. The molecule has 0 bridgehead atoms. The number of fused-ring (bicyclic) bond motifs is 1. The van der Waals surface area contributed by atoms with E-state index in [0.29, 0.717) is 22.7 Å². The number of hydrogen-bond donors (Lipinski definition) is 1. The molecule has 1 aliphatic carbocycles. The summed E-state index contributed by atoms with van der Waals surface area (Å²) in [5, 5.41) is 0. The topological polar surface area (TPSA) is 55.4 Å². The van der Waals surface area contributed by atoms with Gasteiger partial charge in [-0.1, -0.05) is 17.7 Å². The molecule has 1 heterocycles. The lowest BCUT2D eigenvalue weighted by molar-refractivity contribution is -0.0498. The van der Waals surface area contributed by atoms with Crippen molar-refractivity contribution < 1.29 is 21.9 Å². The largest absolute Gasteiger partial charge is 0.435 e. The average Bonchev–Trinajstić information content (AvgIpc) is 3.00. The molecule has 0 saturated heterocycles. The van der Waals surface area contributed by atoms with Crippen LogP contribution in [-0.4, -0.2) is 15.0 Å². The highest BCUT2D eigenvalue weighted by Gasteiger charge is 2.25. The molecule has 2 aromatic rings. The van der Waals surface area contributed by atoms with Gasteiger partial charge in [-0.3, -0.25) is 0 Å². The number of benzene rings is 1. The van der Waals surface area contributed by atoms with Gasteiger partial charge in [0.1, 0.15) is 5.75 Å². The van der Waals surface area contributed by atoms with Crippen molar-refractivity contribution in [3.63, 3.8) is 0 Å². The fourth-order valence-electron chi connectivity index (χ4n) is 2.76. The standard InChI is InChI=1S/C17H16ClF2NO3S2/c1-10(15-6-7-16(18)25-15)21-26(22,23)14-5-3-11-8-13(24-17(19)20)4-2-12(11)9-14/h2,4,6-10,17,21H,3,5H2,1H3. The summed E-state index contributed by atoms with van der Waals surface area (Å²) in [6.07, 6.45) is 2.29. The summed E-state index contributed by atoms with van der Waals surface area (Å²) >= 11 is 7.22. The van der Waals surface area contributed by atoms with Crippen molar-refractivity contribution in [3.05, 3.63) is 55.6 Å². The molecule has 0 saturated carbocycles. The maximum absolute atomic E-state index is 12.7. The zero-order chi connectivity index (χ0) is 18.9.